The van der Waals surface area contributed by atoms with Gasteiger partial charge >= 0.3 is 0 Å². The van der Waals surface area contributed by atoms with Crippen LogP contribution in [0.1, 0.15) is 12.0 Å². The van der Waals surface area contributed by atoms with Gasteiger partial charge in [-0.1, -0.05) is 24.1 Å². The van der Waals surface area contributed by atoms with E-state index in [1.165, 1.54) is 6.07 Å². The first kappa shape index (κ1) is 13.4. The molecule has 0 atom stereocenters. The van der Waals surface area contributed by atoms with Crippen molar-refractivity contribution in [3.05, 3.63) is 47.5 Å². The van der Waals surface area contributed by atoms with Crippen molar-refractivity contribution in [3.63, 3.8) is 0 Å². The quantitative estimate of drug-likeness (QED) is 0.454. The van der Waals surface area contributed by atoms with Crippen molar-refractivity contribution in [2.45, 2.75) is 12.8 Å². The smallest absolute Gasteiger partial charge is 0.159 e. The molecule has 17 heavy (non-hydrogen) atoms. The van der Waals surface area contributed by atoms with Crippen molar-refractivity contribution in [2.75, 3.05) is 13.1 Å². The van der Waals surface area contributed by atoms with E-state index in [1.807, 2.05) is 0 Å². The number of terminal acetylenes is 1. The summed E-state index contributed by atoms with van der Waals surface area (Å²) in [6.45, 7) is 5.03. The lowest BCUT2D eigenvalue weighted by Crippen LogP contribution is -2.16. The molecular formula is C14H15F2N. The zero-order chi connectivity index (χ0) is 12.7. The molecular weight excluding hydrogens is 220 g/mol. The Morgan fingerprint density at radius 2 is 2.12 bits per heavy atom. The van der Waals surface area contributed by atoms with Gasteiger partial charge in [-0.25, -0.2) is 8.78 Å². The Labute approximate surface area is 101 Å². The van der Waals surface area contributed by atoms with E-state index in [-0.39, 0.29) is 0 Å². The highest BCUT2D eigenvalue weighted by molar-refractivity contribution is 5.19. The molecule has 0 bridgehead atoms. The van der Waals surface area contributed by atoms with Crippen molar-refractivity contribution < 1.29 is 8.78 Å². The van der Waals surface area contributed by atoms with Crippen LogP contribution in [0, 0.1) is 24.0 Å². The first-order valence-corrected chi connectivity index (χ1v) is 5.38. The second-order valence-electron chi connectivity index (χ2n) is 3.81. The van der Waals surface area contributed by atoms with E-state index in [4.69, 9.17) is 6.42 Å². The minimum atomic E-state index is -0.816. The van der Waals surface area contributed by atoms with Gasteiger partial charge in [0.25, 0.3) is 0 Å². The summed E-state index contributed by atoms with van der Waals surface area (Å²) in [5.74, 6) is 0.844. The molecule has 0 fully saturated rings. The zero-order valence-corrected chi connectivity index (χ0v) is 9.60. The monoisotopic (exact) mass is 235 g/mol. The molecule has 0 aromatic heterocycles. The van der Waals surface area contributed by atoms with Crippen molar-refractivity contribution in [1.29, 1.82) is 0 Å². The van der Waals surface area contributed by atoms with Gasteiger partial charge in [0.1, 0.15) is 0 Å². The van der Waals surface area contributed by atoms with E-state index in [0.29, 0.717) is 19.5 Å². The van der Waals surface area contributed by atoms with Gasteiger partial charge in [-0.3, -0.25) is 0 Å². The van der Waals surface area contributed by atoms with Gasteiger partial charge in [-0.05, 0) is 30.5 Å². The zero-order valence-electron chi connectivity index (χ0n) is 9.60. The maximum absolute atomic E-state index is 12.9. The summed E-state index contributed by atoms with van der Waals surface area (Å²) in [5, 5.41) is 3.02. The predicted octanol–water partition coefficient (Wildman–Crippen LogP) is 2.68. The fraction of sp³-hybridized carbons (Fsp3) is 0.286. The molecule has 1 nitrogen and oxygen atoms in total. The number of hydrogen-bond acceptors (Lipinski definition) is 1. The molecule has 0 heterocycles. The van der Waals surface area contributed by atoms with Crippen LogP contribution in [-0.4, -0.2) is 13.1 Å². The molecule has 0 saturated carbocycles. The molecule has 1 N–H and O–H groups in total. The number of halogens is 2. The fourth-order valence-electron chi connectivity index (χ4n) is 1.42. The van der Waals surface area contributed by atoms with Crippen LogP contribution in [0.4, 0.5) is 8.78 Å². The Hall–Kier alpha value is -1.66. The van der Waals surface area contributed by atoms with Gasteiger partial charge in [0, 0.05) is 6.54 Å². The molecule has 0 aliphatic rings. The molecule has 0 amide bonds. The third-order valence-corrected chi connectivity index (χ3v) is 2.35. The molecule has 1 aromatic carbocycles. The maximum Gasteiger partial charge on any atom is 0.159 e. The molecule has 1 aromatic rings. The van der Waals surface area contributed by atoms with Crippen molar-refractivity contribution >= 4 is 0 Å². The summed E-state index contributed by atoms with van der Waals surface area (Å²) >= 11 is 0. The molecule has 3 heteroatoms. The summed E-state index contributed by atoms with van der Waals surface area (Å²) in [6.07, 6.45) is 6.46. The first-order valence-electron chi connectivity index (χ1n) is 5.38. The lowest BCUT2D eigenvalue weighted by Gasteiger charge is -2.06. The summed E-state index contributed by atoms with van der Waals surface area (Å²) < 4.78 is 25.6. The number of benzene rings is 1. The van der Waals surface area contributed by atoms with Crippen molar-refractivity contribution in [1.82, 2.24) is 5.32 Å². The van der Waals surface area contributed by atoms with Crippen LogP contribution in [0.15, 0.2) is 30.4 Å². The standard InChI is InChI=1S/C14H15F2N/c1-3-8-17-10-11(2)4-5-12-6-7-13(15)14(16)9-12/h1,6-7,9,17H,2,4-5,8,10H2. The number of nitrogens with one attached hydrogen (secondary N) is 1. The largest absolute Gasteiger partial charge is 0.302 e. The average Bonchev–Trinajstić information content (AvgIpc) is 2.31. The average molecular weight is 235 g/mol. The van der Waals surface area contributed by atoms with E-state index in [9.17, 15) is 8.78 Å². The maximum atomic E-state index is 12.9. The molecule has 0 spiro atoms. The Kier molecular flexibility index (Phi) is 5.38. The van der Waals surface area contributed by atoms with E-state index in [0.717, 1.165) is 23.6 Å². The third kappa shape index (κ3) is 4.80. The summed E-state index contributed by atoms with van der Waals surface area (Å²) in [6, 6.07) is 3.95. The lowest BCUT2D eigenvalue weighted by atomic mass is 10.1. The van der Waals surface area contributed by atoms with Crippen LogP contribution in [0.5, 0.6) is 0 Å². The second kappa shape index (κ2) is 6.82. The number of aryl methyl sites for hydroxylation is 1. The summed E-state index contributed by atoms with van der Waals surface area (Å²) in [5.41, 5.74) is 1.76. The van der Waals surface area contributed by atoms with Crippen LogP contribution >= 0.6 is 0 Å². The second-order valence-corrected chi connectivity index (χ2v) is 3.81. The Balaban J connectivity index is 2.37. The van der Waals surface area contributed by atoms with Crippen LogP contribution < -0.4 is 5.32 Å². The van der Waals surface area contributed by atoms with Crippen molar-refractivity contribution in [3.8, 4) is 12.3 Å². The minimum Gasteiger partial charge on any atom is -0.302 e. The van der Waals surface area contributed by atoms with Crippen LogP contribution in [0.2, 0.25) is 0 Å². The molecule has 0 unspecified atom stereocenters. The summed E-state index contributed by atoms with van der Waals surface area (Å²) in [4.78, 5) is 0. The van der Waals surface area contributed by atoms with E-state index < -0.39 is 11.6 Å². The topological polar surface area (TPSA) is 12.0 Å². The van der Waals surface area contributed by atoms with E-state index in [2.05, 4.69) is 17.8 Å². The predicted molar refractivity (Wildman–Crippen MR) is 65.5 cm³/mol. The number of hydrogen-bond donors (Lipinski definition) is 1. The van der Waals surface area contributed by atoms with Gasteiger partial charge in [-0.15, -0.1) is 6.42 Å². The van der Waals surface area contributed by atoms with Crippen LogP contribution in [0.3, 0.4) is 0 Å². The van der Waals surface area contributed by atoms with Gasteiger partial charge in [-0.2, -0.15) is 0 Å². The van der Waals surface area contributed by atoms with Gasteiger partial charge in [0.15, 0.2) is 11.6 Å². The SMILES string of the molecule is C#CCNCC(=C)CCc1ccc(F)c(F)c1. The van der Waals surface area contributed by atoms with Crippen LogP contribution in [0.25, 0.3) is 0 Å². The van der Waals surface area contributed by atoms with E-state index in [1.54, 1.807) is 6.07 Å². The molecule has 1 rings (SSSR count). The Bertz CT molecular complexity index is 432. The van der Waals surface area contributed by atoms with Gasteiger partial charge < -0.3 is 5.32 Å². The highest BCUT2D eigenvalue weighted by Crippen LogP contribution is 2.12. The van der Waals surface area contributed by atoms with Crippen molar-refractivity contribution in [2.24, 2.45) is 0 Å². The Morgan fingerprint density at radius 1 is 1.35 bits per heavy atom. The van der Waals surface area contributed by atoms with Crippen LogP contribution in [-0.2, 0) is 6.42 Å². The van der Waals surface area contributed by atoms with Gasteiger partial charge in [0.05, 0.1) is 6.54 Å². The molecule has 0 saturated heterocycles. The highest BCUT2D eigenvalue weighted by Gasteiger charge is 2.03. The third-order valence-electron chi connectivity index (χ3n) is 2.35. The normalized spacial score (nSPS) is 9.94. The molecule has 0 aliphatic heterocycles. The van der Waals surface area contributed by atoms with Gasteiger partial charge in [0.2, 0.25) is 0 Å². The first-order chi connectivity index (χ1) is 8.13. The minimum absolute atomic E-state index is 0.504. The molecule has 90 valence electrons. The summed E-state index contributed by atoms with van der Waals surface area (Å²) in [7, 11) is 0. The van der Waals surface area contributed by atoms with E-state index >= 15 is 0 Å². The fourth-order valence-corrected chi connectivity index (χ4v) is 1.42. The number of rotatable bonds is 6. The highest BCUT2D eigenvalue weighted by atomic mass is 19.2. The molecule has 0 aliphatic carbocycles. The Morgan fingerprint density at radius 3 is 2.76 bits per heavy atom. The molecule has 0 radical (unpaired) electrons. The lowest BCUT2D eigenvalue weighted by molar-refractivity contribution is 0.507.